The van der Waals surface area contributed by atoms with Crippen LogP contribution >= 0.6 is 0 Å². The Morgan fingerprint density at radius 1 is 1.43 bits per heavy atom. The van der Waals surface area contributed by atoms with E-state index in [1.807, 2.05) is 0 Å². The topological polar surface area (TPSA) is 125 Å². The summed E-state index contributed by atoms with van der Waals surface area (Å²) in [6.07, 6.45) is 5.37. The normalized spacial score (nSPS) is 16.0. The summed E-state index contributed by atoms with van der Waals surface area (Å²) in [6.45, 7) is 1.50. The summed E-state index contributed by atoms with van der Waals surface area (Å²) in [7, 11) is 0. The fourth-order valence-electron chi connectivity index (χ4n) is 3.06. The van der Waals surface area contributed by atoms with E-state index in [0.717, 1.165) is 6.20 Å². The van der Waals surface area contributed by atoms with Crippen LogP contribution in [0.2, 0.25) is 0 Å². The van der Waals surface area contributed by atoms with E-state index in [4.69, 9.17) is 5.11 Å². The van der Waals surface area contributed by atoms with Gasteiger partial charge in [-0.2, -0.15) is 5.10 Å². The molecule has 146 valence electrons. The monoisotopic (exact) mass is 386 g/mol. The molecule has 4 rings (SSSR count). The maximum Gasteiger partial charge on any atom is 0.257 e. The molecule has 0 aliphatic heterocycles. The number of anilines is 1. The quantitative estimate of drug-likeness (QED) is 0.501. The lowest BCUT2D eigenvalue weighted by Crippen LogP contribution is -2.35. The number of pyridine rings is 1. The summed E-state index contributed by atoms with van der Waals surface area (Å²) < 4.78 is 15.1. The van der Waals surface area contributed by atoms with Crippen molar-refractivity contribution in [2.75, 3.05) is 11.9 Å². The number of hydrogen-bond acceptors (Lipinski definition) is 7. The van der Waals surface area contributed by atoms with E-state index in [1.165, 1.54) is 16.8 Å². The van der Waals surface area contributed by atoms with Crippen LogP contribution < -0.4 is 10.6 Å². The van der Waals surface area contributed by atoms with Crippen molar-refractivity contribution in [2.24, 2.45) is 0 Å². The molecule has 4 N–H and O–H groups in total. The highest BCUT2D eigenvalue weighted by Gasteiger charge is 2.47. The number of amides is 1. The van der Waals surface area contributed by atoms with Crippen molar-refractivity contribution in [3.05, 3.63) is 47.7 Å². The van der Waals surface area contributed by atoms with Gasteiger partial charge in [-0.15, -0.1) is 0 Å². The first-order valence-electron chi connectivity index (χ1n) is 8.81. The van der Waals surface area contributed by atoms with E-state index in [0.29, 0.717) is 29.9 Å². The second-order valence-electron chi connectivity index (χ2n) is 6.93. The zero-order valence-corrected chi connectivity index (χ0v) is 15.1. The van der Waals surface area contributed by atoms with Crippen LogP contribution in [0.25, 0.3) is 5.65 Å². The van der Waals surface area contributed by atoms with Gasteiger partial charge in [-0.1, -0.05) is 0 Å². The molecule has 3 heterocycles. The van der Waals surface area contributed by atoms with E-state index >= 15 is 0 Å². The van der Waals surface area contributed by atoms with Crippen LogP contribution in [-0.2, 0) is 5.54 Å². The van der Waals surface area contributed by atoms with E-state index in [-0.39, 0.29) is 18.1 Å². The van der Waals surface area contributed by atoms with Gasteiger partial charge in [0.2, 0.25) is 5.88 Å². The van der Waals surface area contributed by atoms with Gasteiger partial charge in [-0.05, 0) is 31.9 Å². The third kappa shape index (κ3) is 3.22. The molecule has 1 atom stereocenters. The smallest absolute Gasteiger partial charge is 0.257 e. The number of aliphatic hydroxyl groups excluding tert-OH is 1. The average molecular weight is 386 g/mol. The average Bonchev–Trinajstić information content (AvgIpc) is 3.32. The van der Waals surface area contributed by atoms with Gasteiger partial charge in [0.1, 0.15) is 17.2 Å². The lowest BCUT2D eigenvalue weighted by molar-refractivity contribution is 0.0924. The van der Waals surface area contributed by atoms with Crippen LogP contribution in [-0.4, -0.2) is 48.4 Å². The summed E-state index contributed by atoms with van der Waals surface area (Å²) in [4.78, 5) is 20.5. The molecule has 0 radical (unpaired) electrons. The van der Waals surface area contributed by atoms with Crippen LogP contribution in [0.1, 0.15) is 35.7 Å². The summed E-state index contributed by atoms with van der Waals surface area (Å²) in [5.41, 5.74) is 0.324. The fraction of sp³-hybridized carbons (Fsp3) is 0.333. The molecular weight excluding hydrogens is 367 g/mol. The molecule has 0 spiro atoms. The molecule has 10 heteroatoms. The maximum absolute atomic E-state index is 13.6. The number of nitrogens with one attached hydrogen (secondary N) is 2. The largest absolute Gasteiger partial charge is 0.493 e. The van der Waals surface area contributed by atoms with Gasteiger partial charge in [0.25, 0.3) is 5.91 Å². The Morgan fingerprint density at radius 3 is 2.93 bits per heavy atom. The van der Waals surface area contributed by atoms with Crippen LogP contribution in [0, 0.1) is 5.82 Å². The summed E-state index contributed by atoms with van der Waals surface area (Å²) in [5, 5.41) is 29.1. The molecule has 3 aromatic rings. The molecule has 0 bridgehead atoms. The minimum Gasteiger partial charge on any atom is -0.493 e. The molecule has 0 saturated heterocycles. The van der Waals surface area contributed by atoms with E-state index in [2.05, 4.69) is 25.7 Å². The van der Waals surface area contributed by atoms with Crippen LogP contribution in [0.15, 0.2) is 30.7 Å². The van der Waals surface area contributed by atoms with Gasteiger partial charge in [-0.3, -0.25) is 4.79 Å². The number of aromatic hydroxyl groups is 1. The highest BCUT2D eigenvalue weighted by Crippen LogP contribution is 2.50. The van der Waals surface area contributed by atoms with Gasteiger partial charge in [-0.25, -0.2) is 18.9 Å². The Bertz CT molecular complexity index is 1050. The lowest BCUT2D eigenvalue weighted by Gasteiger charge is -2.19. The fourth-order valence-corrected chi connectivity index (χ4v) is 3.06. The predicted octanol–water partition coefficient (Wildman–Crippen LogP) is 1.18. The number of carbonyl (C=O) groups excluding carboxylic acids is 1. The van der Waals surface area contributed by atoms with Crippen LogP contribution in [0.4, 0.5) is 10.2 Å². The Kier molecular flexibility index (Phi) is 4.34. The predicted molar refractivity (Wildman–Crippen MR) is 97.4 cm³/mol. The Hall–Kier alpha value is -3.27. The molecule has 3 aromatic heterocycles. The first kappa shape index (κ1) is 18.1. The number of nitrogens with zero attached hydrogens (tertiary/aromatic N) is 4. The van der Waals surface area contributed by atoms with Crippen molar-refractivity contribution in [1.82, 2.24) is 24.9 Å². The standard InChI is InChI=1S/C18H19FN6O3/c1-10(9-26)22-16(27)12-8-21-25-5-2-14(23-15(12)25)24-18(3-4-18)13-6-11(19)7-20-17(13)28/h2,5-8,10,26H,3-4,9H2,1H3,(H,20,28)(H,22,27)(H,23,24). The highest BCUT2D eigenvalue weighted by molar-refractivity contribution is 5.99. The van der Waals surface area contributed by atoms with Crippen molar-refractivity contribution in [1.29, 1.82) is 0 Å². The van der Waals surface area contributed by atoms with E-state index in [9.17, 15) is 14.3 Å². The highest BCUT2D eigenvalue weighted by atomic mass is 19.1. The zero-order chi connectivity index (χ0) is 19.9. The lowest BCUT2D eigenvalue weighted by atomic mass is 10.1. The third-order valence-electron chi connectivity index (χ3n) is 4.73. The molecule has 0 aromatic carbocycles. The van der Waals surface area contributed by atoms with E-state index in [1.54, 1.807) is 19.2 Å². The van der Waals surface area contributed by atoms with Crippen molar-refractivity contribution >= 4 is 17.4 Å². The Labute approximate surface area is 159 Å². The molecule has 1 amide bonds. The van der Waals surface area contributed by atoms with Crippen LogP contribution in [0.3, 0.4) is 0 Å². The van der Waals surface area contributed by atoms with Crippen molar-refractivity contribution in [3.8, 4) is 5.88 Å². The van der Waals surface area contributed by atoms with Crippen molar-refractivity contribution < 1.29 is 19.4 Å². The second-order valence-corrected chi connectivity index (χ2v) is 6.93. The maximum atomic E-state index is 13.6. The molecule has 9 nitrogen and oxygen atoms in total. The SMILES string of the molecule is CC(CO)NC(=O)c1cnn2ccc(NC3(c4cc(F)cnc4O)CC3)nc12. The summed E-state index contributed by atoms with van der Waals surface area (Å²) in [5.74, 6) is -0.695. The number of aromatic nitrogens is 4. The first-order chi connectivity index (χ1) is 13.4. The van der Waals surface area contributed by atoms with Gasteiger partial charge in [0.05, 0.1) is 24.5 Å². The van der Waals surface area contributed by atoms with Crippen LogP contribution in [0.5, 0.6) is 5.88 Å². The summed E-state index contributed by atoms with van der Waals surface area (Å²) in [6, 6.07) is 2.54. The van der Waals surface area contributed by atoms with Gasteiger partial charge >= 0.3 is 0 Å². The Morgan fingerprint density at radius 2 is 2.21 bits per heavy atom. The molecule has 1 aliphatic rings. The summed E-state index contributed by atoms with van der Waals surface area (Å²) >= 11 is 0. The van der Waals surface area contributed by atoms with Gasteiger partial charge in [0, 0.05) is 17.8 Å². The number of halogens is 1. The van der Waals surface area contributed by atoms with E-state index < -0.39 is 23.3 Å². The number of aliphatic hydroxyl groups is 1. The number of carbonyl (C=O) groups is 1. The Balaban J connectivity index is 1.64. The van der Waals surface area contributed by atoms with Crippen molar-refractivity contribution in [3.63, 3.8) is 0 Å². The first-order valence-corrected chi connectivity index (χ1v) is 8.81. The third-order valence-corrected chi connectivity index (χ3v) is 4.73. The number of fused-ring (bicyclic) bond motifs is 1. The zero-order valence-electron chi connectivity index (χ0n) is 15.1. The molecule has 1 fully saturated rings. The number of hydrogen-bond donors (Lipinski definition) is 4. The van der Waals surface area contributed by atoms with Gasteiger partial charge < -0.3 is 20.8 Å². The minimum absolute atomic E-state index is 0.182. The molecule has 1 unspecified atom stereocenters. The molecular formula is C18H19FN6O3. The van der Waals surface area contributed by atoms with Crippen molar-refractivity contribution in [2.45, 2.75) is 31.3 Å². The molecule has 1 saturated carbocycles. The second kappa shape index (κ2) is 6.71. The molecule has 28 heavy (non-hydrogen) atoms. The minimum atomic E-state index is -0.654. The number of rotatable bonds is 6. The molecule has 1 aliphatic carbocycles. The van der Waals surface area contributed by atoms with Gasteiger partial charge in [0.15, 0.2) is 5.65 Å².